The van der Waals surface area contributed by atoms with Gasteiger partial charge in [-0.05, 0) is 43.9 Å². The molecule has 1 unspecified atom stereocenters. The van der Waals surface area contributed by atoms with Crippen LogP contribution in [0, 0.1) is 11.8 Å². The van der Waals surface area contributed by atoms with Gasteiger partial charge in [0.25, 0.3) is 0 Å². The Morgan fingerprint density at radius 2 is 1.86 bits per heavy atom. The van der Waals surface area contributed by atoms with Gasteiger partial charge in [-0.25, -0.2) is 0 Å². The zero-order valence-electron chi connectivity index (χ0n) is 14.7. The molecular weight excluding hydrogens is 260 g/mol. The normalized spacial score (nSPS) is 28.1. The standard InChI is InChI=1S/C18H36N2O/c1-5-18(6-2)14-20(13-16-7-9-21-10-8-16)17(12-19-18)11-15(3)4/h15-17,19H,5-14H2,1-4H3. The summed E-state index contributed by atoms with van der Waals surface area (Å²) in [5.41, 5.74) is 0.346. The number of hydrogen-bond acceptors (Lipinski definition) is 3. The molecule has 0 spiro atoms. The van der Waals surface area contributed by atoms with Crippen LogP contribution in [0.1, 0.15) is 59.8 Å². The minimum absolute atomic E-state index is 0.346. The van der Waals surface area contributed by atoms with Gasteiger partial charge in [0.1, 0.15) is 0 Å². The minimum atomic E-state index is 0.346. The van der Waals surface area contributed by atoms with Gasteiger partial charge in [0.05, 0.1) is 0 Å². The van der Waals surface area contributed by atoms with Crippen LogP contribution in [0.15, 0.2) is 0 Å². The van der Waals surface area contributed by atoms with Crippen molar-refractivity contribution in [2.75, 3.05) is 32.8 Å². The molecule has 124 valence electrons. The Balaban J connectivity index is 2.00. The first-order valence-corrected chi connectivity index (χ1v) is 9.15. The van der Waals surface area contributed by atoms with Crippen molar-refractivity contribution in [1.29, 1.82) is 0 Å². The summed E-state index contributed by atoms with van der Waals surface area (Å²) in [6, 6.07) is 0.721. The molecule has 0 amide bonds. The van der Waals surface area contributed by atoms with Crippen LogP contribution in [-0.2, 0) is 4.74 Å². The first kappa shape index (κ1) is 17.2. The van der Waals surface area contributed by atoms with Crippen molar-refractivity contribution in [1.82, 2.24) is 10.2 Å². The topological polar surface area (TPSA) is 24.5 Å². The predicted molar refractivity (Wildman–Crippen MR) is 89.7 cm³/mol. The maximum absolute atomic E-state index is 5.53. The van der Waals surface area contributed by atoms with Crippen molar-refractivity contribution in [3.8, 4) is 0 Å². The third-order valence-corrected chi connectivity index (χ3v) is 5.67. The summed E-state index contributed by atoms with van der Waals surface area (Å²) >= 11 is 0. The summed E-state index contributed by atoms with van der Waals surface area (Å²) in [6.07, 6.45) is 6.30. The number of nitrogens with zero attached hydrogens (tertiary/aromatic N) is 1. The molecule has 2 aliphatic rings. The summed E-state index contributed by atoms with van der Waals surface area (Å²) < 4.78 is 5.53. The summed E-state index contributed by atoms with van der Waals surface area (Å²) in [4.78, 5) is 2.82. The van der Waals surface area contributed by atoms with Crippen molar-refractivity contribution < 1.29 is 4.74 Å². The van der Waals surface area contributed by atoms with Crippen LogP contribution >= 0.6 is 0 Å². The van der Waals surface area contributed by atoms with Gasteiger partial charge in [-0.2, -0.15) is 0 Å². The summed E-state index contributed by atoms with van der Waals surface area (Å²) in [7, 11) is 0. The fourth-order valence-electron chi connectivity index (χ4n) is 4.01. The average Bonchev–Trinajstić information content (AvgIpc) is 2.50. The molecule has 0 saturated carbocycles. The molecule has 3 heteroatoms. The molecule has 0 aromatic rings. The highest BCUT2D eigenvalue weighted by Gasteiger charge is 2.37. The highest BCUT2D eigenvalue weighted by Crippen LogP contribution is 2.27. The van der Waals surface area contributed by atoms with Gasteiger partial charge in [-0.3, -0.25) is 4.90 Å². The Hall–Kier alpha value is -0.120. The highest BCUT2D eigenvalue weighted by atomic mass is 16.5. The van der Waals surface area contributed by atoms with Gasteiger partial charge in [0.15, 0.2) is 0 Å². The average molecular weight is 296 g/mol. The van der Waals surface area contributed by atoms with Gasteiger partial charge >= 0.3 is 0 Å². The van der Waals surface area contributed by atoms with E-state index in [2.05, 4.69) is 37.9 Å². The lowest BCUT2D eigenvalue weighted by Gasteiger charge is -2.49. The zero-order chi connectivity index (χ0) is 15.3. The Bertz CT molecular complexity index is 296. The van der Waals surface area contributed by atoms with E-state index in [0.29, 0.717) is 5.54 Å². The second-order valence-electron chi connectivity index (χ2n) is 7.64. The molecular formula is C18H36N2O. The molecule has 2 saturated heterocycles. The maximum atomic E-state index is 5.53. The van der Waals surface area contributed by atoms with E-state index >= 15 is 0 Å². The van der Waals surface area contributed by atoms with Crippen molar-refractivity contribution in [2.24, 2.45) is 11.8 Å². The van der Waals surface area contributed by atoms with Crippen LogP contribution in [0.5, 0.6) is 0 Å². The molecule has 1 N–H and O–H groups in total. The summed E-state index contributed by atoms with van der Waals surface area (Å²) in [5, 5.41) is 3.89. The monoisotopic (exact) mass is 296 g/mol. The second-order valence-corrected chi connectivity index (χ2v) is 7.64. The van der Waals surface area contributed by atoms with E-state index in [1.54, 1.807) is 0 Å². The summed E-state index contributed by atoms with van der Waals surface area (Å²) in [6.45, 7) is 15.0. The molecule has 21 heavy (non-hydrogen) atoms. The van der Waals surface area contributed by atoms with Crippen molar-refractivity contribution in [3.05, 3.63) is 0 Å². The lowest BCUT2D eigenvalue weighted by molar-refractivity contribution is 0.0150. The third-order valence-electron chi connectivity index (χ3n) is 5.67. The van der Waals surface area contributed by atoms with Crippen molar-refractivity contribution in [3.63, 3.8) is 0 Å². The second kappa shape index (κ2) is 7.94. The Morgan fingerprint density at radius 3 is 2.43 bits per heavy atom. The molecule has 3 nitrogen and oxygen atoms in total. The molecule has 0 aliphatic carbocycles. The lowest BCUT2D eigenvalue weighted by Crippen LogP contribution is -2.64. The van der Waals surface area contributed by atoms with Gasteiger partial charge in [-0.15, -0.1) is 0 Å². The number of piperazine rings is 1. The molecule has 2 heterocycles. The maximum Gasteiger partial charge on any atom is 0.0469 e. The van der Waals surface area contributed by atoms with E-state index < -0.39 is 0 Å². The molecule has 0 aromatic heterocycles. The van der Waals surface area contributed by atoms with Crippen LogP contribution in [0.2, 0.25) is 0 Å². The molecule has 1 atom stereocenters. The van der Waals surface area contributed by atoms with Crippen LogP contribution in [0.25, 0.3) is 0 Å². The van der Waals surface area contributed by atoms with Crippen molar-refractivity contribution in [2.45, 2.75) is 71.4 Å². The van der Waals surface area contributed by atoms with Gasteiger partial charge in [0, 0.05) is 44.4 Å². The number of hydrogen-bond donors (Lipinski definition) is 1. The van der Waals surface area contributed by atoms with E-state index in [9.17, 15) is 0 Å². The Morgan fingerprint density at radius 1 is 1.19 bits per heavy atom. The molecule has 0 bridgehead atoms. The number of ether oxygens (including phenoxy) is 1. The predicted octanol–water partition coefficient (Wildman–Crippen LogP) is 3.29. The van der Waals surface area contributed by atoms with Gasteiger partial charge in [-0.1, -0.05) is 27.7 Å². The summed E-state index contributed by atoms with van der Waals surface area (Å²) in [5.74, 6) is 1.63. The Labute approximate surface area is 131 Å². The lowest BCUT2D eigenvalue weighted by atomic mass is 9.86. The van der Waals surface area contributed by atoms with E-state index in [4.69, 9.17) is 4.74 Å². The SMILES string of the molecule is CCC1(CC)CN(CC2CCOCC2)C(CC(C)C)CN1. The van der Waals surface area contributed by atoms with Gasteiger partial charge in [0.2, 0.25) is 0 Å². The third kappa shape index (κ3) is 4.67. The van der Waals surface area contributed by atoms with Gasteiger partial charge < -0.3 is 10.1 Å². The highest BCUT2D eigenvalue weighted by molar-refractivity contribution is 4.97. The van der Waals surface area contributed by atoms with E-state index in [1.165, 1.54) is 51.7 Å². The van der Waals surface area contributed by atoms with E-state index in [0.717, 1.165) is 31.1 Å². The molecule has 2 fully saturated rings. The smallest absolute Gasteiger partial charge is 0.0469 e. The quantitative estimate of drug-likeness (QED) is 0.814. The molecule has 2 rings (SSSR count). The van der Waals surface area contributed by atoms with Crippen LogP contribution in [0.4, 0.5) is 0 Å². The van der Waals surface area contributed by atoms with Crippen molar-refractivity contribution >= 4 is 0 Å². The molecule has 2 aliphatic heterocycles. The van der Waals surface area contributed by atoms with E-state index in [1.807, 2.05) is 0 Å². The fourth-order valence-corrected chi connectivity index (χ4v) is 4.01. The first-order chi connectivity index (χ1) is 10.1. The van der Waals surface area contributed by atoms with E-state index in [-0.39, 0.29) is 0 Å². The van der Waals surface area contributed by atoms with Crippen LogP contribution in [-0.4, -0.2) is 49.3 Å². The Kier molecular flexibility index (Phi) is 6.51. The number of rotatable bonds is 6. The molecule has 0 aromatic carbocycles. The largest absolute Gasteiger partial charge is 0.381 e. The van der Waals surface area contributed by atoms with Crippen LogP contribution < -0.4 is 5.32 Å². The fraction of sp³-hybridized carbons (Fsp3) is 1.00. The van der Waals surface area contributed by atoms with Crippen LogP contribution in [0.3, 0.4) is 0 Å². The first-order valence-electron chi connectivity index (χ1n) is 9.15. The molecule has 0 radical (unpaired) electrons. The number of nitrogens with one attached hydrogen (secondary N) is 1. The minimum Gasteiger partial charge on any atom is -0.381 e. The zero-order valence-corrected chi connectivity index (χ0v) is 14.7.